The van der Waals surface area contributed by atoms with Crippen LogP contribution in [-0.2, 0) is 10.0 Å². The second kappa shape index (κ2) is 2.95. The highest BCUT2D eigenvalue weighted by molar-refractivity contribution is 7.89. The number of sulfonamides is 1. The van der Waals surface area contributed by atoms with E-state index in [1.165, 1.54) is 25.7 Å². The van der Waals surface area contributed by atoms with Crippen LogP contribution >= 0.6 is 0 Å². The predicted molar refractivity (Wildman–Crippen MR) is 51.9 cm³/mol. The molecule has 2 rings (SSSR count). The molecule has 0 saturated heterocycles. The Morgan fingerprint density at radius 1 is 1.38 bits per heavy atom. The zero-order valence-corrected chi connectivity index (χ0v) is 8.86. The molecule has 0 aromatic heterocycles. The highest BCUT2D eigenvalue weighted by Gasteiger charge is 2.53. The van der Waals surface area contributed by atoms with E-state index in [-0.39, 0.29) is 5.75 Å². The first-order valence-electron chi connectivity index (χ1n) is 5.05. The average Bonchev–Trinajstić information content (AvgIpc) is 2.92. The Bertz CT molecular complexity index is 289. The quantitative estimate of drug-likeness (QED) is 0.727. The van der Waals surface area contributed by atoms with Crippen molar-refractivity contribution >= 4 is 10.0 Å². The number of nitrogens with one attached hydrogen (secondary N) is 1. The molecule has 2 fully saturated rings. The van der Waals surface area contributed by atoms with Gasteiger partial charge in [0.05, 0.1) is 5.75 Å². The summed E-state index contributed by atoms with van der Waals surface area (Å²) in [5.41, 5.74) is 0.377. The molecule has 2 aliphatic rings. The molecule has 0 aromatic rings. The van der Waals surface area contributed by atoms with Crippen LogP contribution in [0.4, 0.5) is 0 Å². The van der Waals surface area contributed by atoms with Crippen molar-refractivity contribution in [2.75, 3.05) is 12.3 Å². The largest absolute Gasteiger partial charge is 0.215 e. The Labute approximate surface area is 80.0 Å². The van der Waals surface area contributed by atoms with E-state index in [1.54, 1.807) is 6.92 Å². The number of hydrogen-bond donors (Lipinski definition) is 1. The first-order chi connectivity index (χ1) is 6.08. The summed E-state index contributed by atoms with van der Waals surface area (Å²) in [7, 11) is -2.97. The Morgan fingerprint density at radius 2 is 2.00 bits per heavy atom. The van der Waals surface area contributed by atoms with Crippen molar-refractivity contribution in [1.29, 1.82) is 0 Å². The molecule has 0 aliphatic heterocycles. The van der Waals surface area contributed by atoms with E-state index in [2.05, 4.69) is 4.72 Å². The Hall–Kier alpha value is -0.0900. The summed E-state index contributed by atoms with van der Waals surface area (Å²) in [6.45, 7) is 2.37. The van der Waals surface area contributed by atoms with Gasteiger partial charge < -0.3 is 0 Å². The highest BCUT2D eigenvalue weighted by atomic mass is 32.2. The molecule has 2 aliphatic carbocycles. The van der Waals surface area contributed by atoms with Crippen molar-refractivity contribution in [3.63, 3.8) is 0 Å². The van der Waals surface area contributed by atoms with Crippen LogP contribution in [0.3, 0.4) is 0 Å². The maximum atomic E-state index is 11.2. The van der Waals surface area contributed by atoms with Gasteiger partial charge in [-0.1, -0.05) is 0 Å². The normalized spacial score (nSPS) is 25.9. The molecule has 0 aromatic carbocycles. The van der Waals surface area contributed by atoms with Gasteiger partial charge in [0, 0.05) is 6.54 Å². The molecule has 0 radical (unpaired) electrons. The zero-order valence-electron chi connectivity index (χ0n) is 8.04. The zero-order chi connectivity index (χ0) is 9.53. The van der Waals surface area contributed by atoms with E-state index < -0.39 is 10.0 Å². The van der Waals surface area contributed by atoms with Crippen molar-refractivity contribution in [3.8, 4) is 0 Å². The summed E-state index contributed by atoms with van der Waals surface area (Å²) >= 11 is 0. The third kappa shape index (κ3) is 2.05. The topological polar surface area (TPSA) is 46.2 Å². The second-order valence-corrected chi connectivity index (χ2v) is 6.46. The summed E-state index contributed by atoms with van der Waals surface area (Å²) in [4.78, 5) is 0. The van der Waals surface area contributed by atoms with Gasteiger partial charge in [0.1, 0.15) is 0 Å². The minimum absolute atomic E-state index is 0.202. The number of hydrogen-bond acceptors (Lipinski definition) is 2. The minimum atomic E-state index is -2.97. The van der Waals surface area contributed by atoms with E-state index in [9.17, 15) is 8.42 Å². The average molecular weight is 203 g/mol. The lowest BCUT2D eigenvalue weighted by molar-refractivity contribution is 0.432. The summed E-state index contributed by atoms with van der Waals surface area (Å²) in [6.07, 6.45) is 5.08. The summed E-state index contributed by atoms with van der Waals surface area (Å²) in [5.74, 6) is 1.03. The summed E-state index contributed by atoms with van der Waals surface area (Å²) in [5, 5.41) is 0. The molecule has 0 unspecified atom stereocenters. The van der Waals surface area contributed by atoms with Gasteiger partial charge in [0.2, 0.25) is 10.0 Å². The SMILES string of the molecule is CCS(=O)(=O)NCC1(C2CC2)CC1. The number of rotatable bonds is 5. The van der Waals surface area contributed by atoms with Crippen LogP contribution in [-0.4, -0.2) is 20.7 Å². The van der Waals surface area contributed by atoms with E-state index >= 15 is 0 Å². The summed E-state index contributed by atoms with van der Waals surface area (Å²) in [6, 6.07) is 0. The Balaban J connectivity index is 1.85. The molecular weight excluding hydrogens is 186 g/mol. The third-order valence-electron chi connectivity index (χ3n) is 3.36. The van der Waals surface area contributed by atoms with E-state index in [0.29, 0.717) is 12.0 Å². The Morgan fingerprint density at radius 3 is 2.38 bits per heavy atom. The van der Waals surface area contributed by atoms with Gasteiger partial charge in [0.15, 0.2) is 0 Å². The minimum Gasteiger partial charge on any atom is -0.215 e. The fourth-order valence-corrected chi connectivity index (χ4v) is 2.65. The van der Waals surface area contributed by atoms with Crippen molar-refractivity contribution in [2.45, 2.75) is 32.6 Å². The van der Waals surface area contributed by atoms with Gasteiger partial charge in [-0.2, -0.15) is 0 Å². The molecule has 3 nitrogen and oxygen atoms in total. The van der Waals surface area contributed by atoms with Crippen LogP contribution in [0.2, 0.25) is 0 Å². The van der Waals surface area contributed by atoms with Gasteiger partial charge in [-0.3, -0.25) is 0 Å². The maximum Gasteiger partial charge on any atom is 0.211 e. The fraction of sp³-hybridized carbons (Fsp3) is 1.00. The van der Waals surface area contributed by atoms with Gasteiger partial charge in [-0.15, -0.1) is 0 Å². The lowest BCUT2D eigenvalue weighted by Gasteiger charge is -2.14. The van der Waals surface area contributed by atoms with Gasteiger partial charge >= 0.3 is 0 Å². The van der Waals surface area contributed by atoms with Gasteiger partial charge in [-0.05, 0) is 43.9 Å². The smallest absolute Gasteiger partial charge is 0.211 e. The third-order valence-corrected chi connectivity index (χ3v) is 4.70. The van der Waals surface area contributed by atoms with Gasteiger partial charge in [-0.25, -0.2) is 13.1 Å². The molecule has 0 atom stereocenters. The van der Waals surface area contributed by atoms with Crippen molar-refractivity contribution in [1.82, 2.24) is 4.72 Å². The molecule has 2 saturated carbocycles. The van der Waals surface area contributed by atoms with Crippen molar-refractivity contribution < 1.29 is 8.42 Å². The van der Waals surface area contributed by atoms with Crippen LogP contribution in [0.1, 0.15) is 32.6 Å². The molecular formula is C9H17NO2S. The monoisotopic (exact) mass is 203 g/mol. The maximum absolute atomic E-state index is 11.2. The van der Waals surface area contributed by atoms with Crippen LogP contribution < -0.4 is 4.72 Å². The predicted octanol–water partition coefficient (Wildman–Crippen LogP) is 1.12. The first kappa shape index (κ1) is 9.46. The first-order valence-corrected chi connectivity index (χ1v) is 6.70. The highest BCUT2D eigenvalue weighted by Crippen LogP contribution is 2.60. The lowest BCUT2D eigenvalue weighted by Crippen LogP contribution is -2.32. The molecule has 13 heavy (non-hydrogen) atoms. The lowest BCUT2D eigenvalue weighted by atomic mass is 10.0. The molecule has 0 heterocycles. The second-order valence-electron chi connectivity index (χ2n) is 4.36. The Kier molecular flexibility index (Phi) is 2.15. The molecule has 0 spiro atoms. The van der Waals surface area contributed by atoms with Crippen LogP contribution in [0, 0.1) is 11.3 Å². The molecule has 4 heteroatoms. The van der Waals surface area contributed by atoms with Crippen LogP contribution in [0.5, 0.6) is 0 Å². The van der Waals surface area contributed by atoms with Crippen LogP contribution in [0.25, 0.3) is 0 Å². The van der Waals surface area contributed by atoms with E-state index in [4.69, 9.17) is 0 Å². The molecule has 0 amide bonds. The molecule has 76 valence electrons. The molecule has 1 N–H and O–H groups in total. The van der Waals surface area contributed by atoms with Gasteiger partial charge in [0.25, 0.3) is 0 Å². The molecule has 0 bridgehead atoms. The standard InChI is InChI=1S/C9H17NO2S/c1-2-13(11,12)10-7-9(5-6-9)8-3-4-8/h8,10H,2-7H2,1H3. The van der Waals surface area contributed by atoms with Crippen molar-refractivity contribution in [3.05, 3.63) is 0 Å². The van der Waals surface area contributed by atoms with Crippen molar-refractivity contribution in [2.24, 2.45) is 11.3 Å². The summed E-state index contributed by atoms with van der Waals surface area (Å²) < 4.78 is 25.1. The van der Waals surface area contributed by atoms with E-state index in [0.717, 1.165) is 5.92 Å². The van der Waals surface area contributed by atoms with Crippen LogP contribution in [0.15, 0.2) is 0 Å². The fourth-order valence-electron chi connectivity index (χ4n) is 1.94. The van der Waals surface area contributed by atoms with E-state index in [1.807, 2.05) is 0 Å².